The fourth-order valence-electron chi connectivity index (χ4n) is 2.05. The number of hydrogen-bond acceptors (Lipinski definition) is 4. The van der Waals surface area contributed by atoms with Gasteiger partial charge < -0.3 is 10.6 Å². The molecule has 1 aliphatic heterocycles. The van der Waals surface area contributed by atoms with Crippen LogP contribution in [0, 0.1) is 6.92 Å². The molecule has 1 atom stereocenters. The van der Waals surface area contributed by atoms with Crippen LogP contribution in [0.1, 0.15) is 18.2 Å². The lowest BCUT2D eigenvalue weighted by atomic mass is 10.2. The predicted molar refractivity (Wildman–Crippen MR) is 71.0 cm³/mol. The van der Waals surface area contributed by atoms with Crippen LogP contribution >= 0.6 is 11.8 Å². The van der Waals surface area contributed by atoms with Gasteiger partial charge in [-0.15, -0.1) is 0 Å². The van der Waals surface area contributed by atoms with E-state index in [1.807, 2.05) is 18.7 Å². The molecule has 1 aliphatic rings. The van der Waals surface area contributed by atoms with Gasteiger partial charge >= 0.3 is 0 Å². The minimum atomic E-state index is 0.568. The zero-order valence-corrected chi connectivity index (χ0v) is 10.8. The van der Waals surface area contributed by atoms with Gasteiger partial charge in [0.1, 0.15) is 5.82 Å². The van der Waals surface area contributed by atoms with Gasteiger partial charge in [-0.2, -0.15) is 11.8 Å². The molecule has 1 aromatic rings. The number of anilines is 1. The fraction of sp³-hybridized carbons (Fsp3) is 0.583. The molecule has 16 heavy (non-hydrogen) atoms. The van der Waals surface area contributed by atoms with Crippen molar-refractivity contribution in [2.45, 2.75) is 26.4 Å². The molecule has 2 N–H and O–H groups in total. The first-order valence-corrected chi connectivity index (χ1v) is 6.88. The van der Waals surface area contributed by atoms with E-state index in [0.717, 1.165) is 18.1 Å². The maximum absolute atomic E-state index is 5.70. The van der Waals surface area contributed by atoms with Gasteiger partial charge in [-0.1, -0.05) is 0 Å². The van der Waals surface area contributed by atoms with Gasteiger partial charge in [-0.25, -0.2) is 4.98 Å². The second kappa shape index (κ2) is 5.06. The van der Waals surface area contributed by atoms with Crippen LogP contribution in [0.2, 0.25) is 0 Å². The molecule has 4 heteroatoms. The number of pyridine rings is 1. The van der Waals surface area contributed by atoms with Gasteiger partial charge in [0.2, 0.25) is 0 Å². The van der Waals surface area contributed by atoms with Crippen molar-refractivity contribution in [2.24, 2.45) is 5.73 Å². The van der Waals surface area contributed by atoms with Gasteiger partial charge in [-0.05, 0) is 31.5 Å². The normalized spacial score (nSPS) is 21.2. The Morgan fingerprint density at radius 2 is 2.38 bits per heavy atom. The van der Waals surface area contributed by atoms with Crippen LogP contribution in [0.15, 0.2) is 12.1 Å². The van der Waals surface area contributed by atoms with E-state index in [0.29, 0.717) is 12.6 Å². The average Bonchev–Trinajstić information content (AvgIpc) is 2.28. The van der Waals surface area contributed by atoms with Crippen molar-refractivity contribution in [2.75, 3.05) is 23.0 Å². The summed E-state index contributed by atoms with van der Waals surface area (Å²) in [5.41, 5.74) is 7.93. The third-order valence-electron chi connectivity index (χ3n) is 2.90. The highest BCUT2D eigenvalue weighted by molar-refractivity contribution is 7.99. The highest BCUT2D eigenvalue weighted by Gasteiger charge is 2.20. The summed E-state index contributed by atoms with van der Waals surface area (Å²) in [6.45, 7) is 5.98. The minimum Gasteiger partial charge on any atom is -0.352 e. The van der Waals surface area contributed by atoms with Gasteiger partial charge in [0.05, 0.1) is 0 Å². The summed E-state index contributed by atoms with van der Waals surface area (Å²) in [6.07, 6.45) is 0. The molecule has 1 fully saturated rings. The van der Waals surface area contributed by atoms with Crippen LogP contribution in [0.5, 0.6) is 0 Å². The first-order valence-electron chi connectivity index (χ1n) is 5.72. The number of rotatable bonds is 2. The van der Waals surface area contributed by atoms with E-state index in [1.165, 1.54) is 17.1 Å². The second-order valence-corrected chi connectivity index (χ2v) is 5.45. The summed E-state index contributed by atoms with van der Waals surface area (Å²) < 4.78 is 0. The van der Waals surface area contributed by atoms with Crippen LogP contribution in [0.25, 0.3) is 0 Å². The molecule has 2 heterocycles. The zero-order valence-electron chi connectivity index (χ0n) is 9.94. The monoisotopic (exact) mass is 237 g/mol. The molecule has 0 aliphatic carbocycles. The number of aryl methyl sites for hydroxylation is 1. The number of nitrogens with zero attached hydrogens (tertiary/aromatic N) is 2. The van der Waals surface area contributed by atoms with Crippen molar-refractivity contribution >= 4 is 17.6 Å². The van der Waals surface area contributed by atoms with Crippen LogP contribution in [0.4, 0.5) is 5.82 Å². The summed E-state index contributed by atoms with van der Waals surface area (Å²) >= 11 is 2.02. The van der Waals surface area contributed by atoms with Crippen LogP contribution in [0.3, 0.4) is 0 Å². The Labute approximate surface area is 101 Å². The second-order valence-electron chi connectivity index (χ2n) is 4.30. The van der Waals surface area contributed by atoms with Crippen molar-refractivity contribution in [3.63, 3.8) is 0 Å². The van der Waals surface area contributed by atoms with E-state index >= 15 is 0 Å². The molecule has 0 saturated carbocycles. The van der Waals surface area contributed by atoms with Crippen molar-refractivity contribution in [3.8, 4) is 0 Å². The molecule has 0 amide bonds. The fourth-order valence-corrected chi connectivity index (χ4v) is 3.07. The Hall–Kier alpha value is -0.740. The van der Waals surface area contributed by atoms with Crippen LogP contribution < -0.4 is 10.6 Å². The van der Waals surface area contributed by atoms with E-state index in [2.05, 4.69) is 28.9 Å². The van der Waals surface area contributed by atoms with Gasteiger partial charge in [0.15, 0.2) is 0 Å². The van der Waals surface area contributed by atoms with Gasteiger partial charge in [-0.3, -0.25) is 0 Å². The first-order chi connectivity index (χ1) is 7.70. The number of hydrogen-bond donors (Lipinski definition) is 1. The van der Waals surface area contributed by atoms with Crippen LogP contribution in [-0.4, -0.2) is 29.1 Å². The average molecular weight is 237 g/mol. The van der Waals surface area contributed by atoms with E-state index in [1.54, 1.807) is 0 Å². The smallest absolute Gasteiger partial charge is 0.129 e. The molecule has 0 radical (unpaired) electrons. The molecule has 1 unspecified atom stereocenters. The molecule has 3 nitrogen and oxygen atoms in total. The van der Waals surface area contributed by atoms with Crippen molar-refractivity contribution in [3.05, 3.63) is 23.4 Å². The molecular weight excluding hydrogens is 218 g/mol. The highest BCUT2D eigenvalue weighted by Crippen LogP contribution is 2.23. The van der Waals surface area contributed by atoms with Crippen LogP contribution in [-0.2, 0) is 6.54 Å². The number of aromatic nitrogens is 1. The molecule has 88 valence electrons. The van der Waals surface area contributed by atoms with E-state index < -0.39 is 0 Å². The van der Waals surface area contributed by atoms with Gasteiger partial charge in [0, 0.05) is 36.3 Å². The van der Waals surface area contributed by atoms with Crippen molar-refractivity contribution < 1.29 is 0 Å². The largest absolute Gasteiger partial charge is 0.352 e. The molecule has 1 saturated heterocycles. The number of nitrogens with two attached hydrogens (primary N) is 1. The third-order valence-corrected chi connectivity index (χ3v) is 4.09. The van der Waals surface area contributed by atoms with Crippen molar-refractivity contribution in [1.82, 2.24) is 4.98 Å². The number of thioether (sulfide) groups is 1. The van der Waals surface area contributed by atoms with Gasteiger partial charge in [0.25, 0.3) is 0 Å². The SMILES string of the molecule is Cc1cc(CN)cc(N2CCSCC2C)n1. The summed E-state index contributed by atoms with van der Waals surface area (Å²) in [6, 6.07) is 4.76. The molecule has 0 bridgehead atoms. The lowest BCUT2D eigenvalue weighted by Gasteiger charge is -2.34. The summed E-state index contributed by atoms with van der Waals surface area (Å²) in [5, 5.41) is 0. The molecule has 1 aromatic heterocycles. The zero-order chi connectivity index (χ0) is 11.5. The molecule has 0 aromatic carbocycles. The summed E-state index contributed by atoms with van der Waals surface area (Å²) in [7, 11) is 0. The molecule has 0 spiro atoms. The Bertz CT molecular complexity index is 367. The lowest BCUT2D eigenvalue weighted by molar-refractivity contribution is 0.687. The van der Waals surface area contributed by atoms with E-state index in [9.17, 15) is 0 Å². The molecular formula is C12H19N3S. The third kappa shape index (κ3) is 2.50. The summed E-state index contributed by atoms with van der Waals surface area (Å²) in [4.78, 5) is 7.01. The van der Waals surface area contributed by atoms with Crippen molar-refractivity contribution in [1.29, 1.82) is 0 Å². The Balaban J connectivity index is 2.27. The standard InChI is InChI=1S/C12H19N3S/c1-9-5-11(7-13)6-12(14-9)15-3-4-16-8-10(15)2/h5-6,10H,3-4,7-8,13H2,1-2H3. The highest BCUT2D eigenvalue weighted by atomic mass is 32.2. The Kier molecular flexibility index (Phi) is 3.71. The Morgan fingerprint density at radius 1 is 1.56 bits per heavy atom. The minimum absolute atomic E-state index is 0.568. The topological polar surface area (TPSA) is 42.1 Å². The summed E-state index contributed by atoms with van der Waals surface area (Å²) in [5.74, 6) is 3.47. The maximum Gasteiger partial charge on any atom is 0.129 e. The van der Waals surface area contributed by atoms with E-state index in [-0.39, 0.29) is 0 Å². The molecule has 2 rings (SSSR count). The lowest BCUT2D eigenvalue weighted by Crippen LogP contribution is -2.41. The Morgan fingerprint density at radius 3 is 3.06 bits per heavy atom. The predicted octanol–water partition coefficient (Wildman–Crippen LogP) is 1.79. The maximum atomic E-state index is 5.70. The quantitative estimate of drug-likeness (QED) is 0.851. The van der Waals surface area contributed by atoms with E-state index in [4.69, 9.17) is 5.73 Å². The first kappa shape index (κ1) is 11.7.